The molecule has 5 atom stereocenters. The van der Waals surface area contributed by atoms with Gasteiger partial charge in [0.1, 0.15) is 36.3 Å². The van der Waals surface area contributed by atoms with E-state index in [9.17, 15) is 18.3 Å². The van der Waals surface area contributed by atoms with Crippen molar-refractivity contribution in [3.05, 3.63) is 81.9 Å². The summed E-state index contributed by atoms with van der Waals surface area (Å²) in [5.74, 6) is 0.166. The molecule has 2 fully saturated rings. The summed E-state index contributed by atoms with van der Waals surface area (Å²) in [7, 11) is 0. The number of aliphatic hydroxyl groups excluding tert-OH is 1. The monoisotopic (exact) mass is 562 g/mol. The van der Waals surface area contributed by atoms with Crippen molar-refractivity contribution < 1.29 is 27.9 Å². The maximum absolute atomic E-state index is 13.9. The van der Waals surface area contributed by atoms with Crippen LogP contribution in [0.15, 0.2) is 53.5 Å². The van der Waals surface area contributed by atoms with Gasteiger partial charge < -0.3 is 15.6 Å². The van der Waals surface area contributed by atoms with E-state index in [0.717, 1.165) is 34.0 Å². The lowest BCUT2D eigenvalue weighted by Crippen LogP contribution is -2.52. The number of hydrogen-bond donors (Lipinski definition) is 3. The van der Waals surface area contributed by atoms with Crippen molar-refractivity contribution in [3.8, 4) is 5.69 Å². The second-order valence-electron chi connectivity index (χ2n) is 9.33. The fourth-order valence-corrected chi connectivity index (χ4v) is 4.95. The lowest BCUT2D eigenvalue weighted by Gasteiger charge is -2.38. The Morgan fingerprint density at radius 1 is 1.26 bits per heavy atom. The molecule has 9 nitrogen and oxygen atoms in total. The predicted molar refractivity (Wildman–Crippen MR) is 138 cm³/mol. The molecule has 206 valence electrons. The minimum absolute atomic E-state index is 0.0201. The molecule has 13 heteroatoms. The van der Waals surface area contributed by atoms with Crippen molar-refractivity contribution in [3.63, 3.8) is 0 Å². The van der Waals surface area contributed by atoms with Crippen LogP contribution in [-0.4, -0.2) is 57.0 Å². The maximum atomic E-state index is 13.9. The molecule has 3 heterocycles. The van der Waals surface area contributed by atoms with Gasteiger partial charge in [-0.2, -0.15) is 23.8 Å². The number of allylic oxidation sites excluding steroid dienone is 1. The van der Waals surface area contributed by atoms with Crippen LogP contribution in [0.3, 0.4) is 0 Å². The van der Waals surface area contributed by atoms with Crippen molar-refractivity contribution in [1.29, 1.82) is 0 Å². The molecule has 39 heavy (non-hydrogen) atoms. The molecule has 2 aromatic carbocycles. The first-order valence-corrected chi connectivity index (χ1v) is 12.5. The van der Waals surface area contributed by atoms with Gasteiger partial charge in [0.05, 0.1) is 17.8 Å². The Bertz CT molecular complexity index is 1430. The minimum Gasteiger partial charge on any atom is -0.398 e. The first-order chi connectivity index (χ1) is 18.5. The number of benzene rings is 2. The lowest BCUT2D eigenvalue weighted by atomic mass is 9.92. The minimum atomic E-state index is -4.69. The van der Waals surface area contributed by atoms with Crippen LogP contribution in [0.25, 0.3) is 11.4 Å². The van der Waals surface area contributed by atoms with Crippen molar-refractivity contribution in [2.24, 2.45) is 10.7 Å². The van der Waals surface area contributed by atoms with Gasteiger partial charge in [0.2, 0.25) is 0 Å². The topological polar surface area (TPSA) is 120 Å². The molecule has 5 rings (SSSR count). The third-order valence-corrected chi connectivity index (χ3v) is 6.88. The second-order valence-corrected chi connectivity index (χ2v) is 9.77. The number of nitrogens with two attached hydrogens (primary N) is 1. The Hall–Kier alpha value is -3.29. The smallest absolute Gasteiger partial charge is 0.398 e. The molecule has 2 aliphatic heterocycles. The van der Waals surface area contributed by atoms with Gasteiger partial charge in [-0.05, 0) is 43.7 Å². The molecule has 3 aromatic rings. The highest BCUT2D eigenvalue weighted by atomic mass is 35.5. The number of aliphatic hydroxyl groups is 1. The highest BCUT2D eigenvalue weighted by molar-refractivity contribution is 6.30. The molecule has 4 N–H and O–H groups in total. The Kier molecular flexibility index (Phi) is 7.49. The van der Waals surface area contributed by atoms with Crippen molar-refractivity contribution in [1.82, 2.24) is 20.2 Å². The third kappa shape index (κ3) is 5.43. The van der Waals surface area contributed by atoms with Crippen LogP contribution < -0.4 is 11.2 Å². The Morgan fingerprint density at radius 3 is 2.77 bits per heavy atom. The molecular weight excluding hydrogens is 537 g/mol. The van der Waals surface area contributed by atoms with Gasteiger partial charge in [-0.3, -0.25) is 9.83 Å². The van der Waals surface area contributed by atoms with E-state index in [-0.39, 0.29) is 28.9 Å². The number of aromatic nitrogens is 3. The fraction of sp³-hybridized carbons (Fsp3) is 0.346. The van der Waals surface area contributed by atoms with Crippen LogP contribution >= 0.6 is 11.6 Å². The number of alkyl halides is 3. The number of aliphatic imine (C=N–C) groups is 1. The van der Waals surface area contributed by atoms with Gasteiger partial charge in [0.15, 0.2) is 5.82 Å². The molecule has 2 aliphatic rings. The van der Waals surface area contributed by atoms with Crippen LogP contribution in [0.2, 0.25) is 5.02 Å². The van der Waals surface area contributed by atoms with E-state index in [0.29, 0.717) is 5.70 Å². The summed E-state index contributed by atoms with van der Waals surface area (Å²) in [5.41, 5.74) is 10.0. The van der Waals surface area contributed by atoms with Crippen molar-refractivity contribution >= 4 is 23.5 Å². The summed E-state index contributed by atoms with van der Waals surface area (Å²) in [5, 5.41) is 15.7. The zero-order valence-corrected chi connectivity index (χ0v) is 21.7. The van der Waals surface area contributed by atoms with Crippen LogP contribution in [0.1, 0.15) is 34.4 Å². The van der Waals surface area contributed by atoms with E-state index in [2.05, 4.69) is 20.6 Å². The largest absolute Gasteiger partial charge is 0.418 e. The molecule has 0 bridgehead atoms. The van der Waals surface area contributed by atoms with E-state index >= 15 is 0 Å². The molecule has 0 saturated carbocycles. The van der Waals surface area contributed by atoms with Crippen LogP contribution in [0, 0.1) is 13.8 Å². The van der Waals surface area contributed by atoms with Crippen molar-refractivity contribution in [2.75, 3.05) is 6.54 Å². The quantitative estimate of drug-likeness (QED) is 0.406. The molecular formula is C26H26ClF3N6O3. The number of ether oxygens (including phenoxy) is 1. The molecule has 1 aromatic heterocycles. The van der Waals surface area contributed by atoms with Gasteiger partial charge in [-0.25, -0.2) is 9.67 Å². The number of aryl methyl sites for hydroxylation is 2. The summed E-state index contributed by atoms with van der Waals surface area (Å²) in [6, 6.07) is 9.92. The number of fused-ring (bicyclic) bond motifs is 1. The summed E-state index contributed by atoms with van der Waals surface area (Å²) < 4.78 is 48.7. The molecule has 0 spiro atoms. The maximum Gasteiger partial charge on any atom is 0.418 e. The fourth-order valence-electron chi connectivity index (χ4n) is 4.78. The zero-order valence-electron chi connectivity index (χ0n) is 20.9. The van der Waals surface area contributed by atoms with Gasteiger partial charge in [-0.1, -0.05) is 35.9 Å². The number of hydrogen-bond acceptors (Lipinski definition) is 8. The van der Waals surface area contributed by atoms with Crippen LogP contribution in [-0.2, 0) is 15.8 Å². The highest BCUT2D eigenvalue weighted by Gasteiger charge is 2.51. The van der Waals surface area contributed by atoms with Gasteiger partial charge in [0.25, 0.3) is 0 Å². The van der Waals surface area contributed by atoms with Gasteiger partial charge in [-0.15, -0.1) is 0 Å². The zero-order chi connectivity index (χ0) is 27.9. The predicted octanol–water partition coefficient (Wildman–Crippen LogP) is 3.70. The number of nitrogens with zero attached hydrogens (tertiary/aromatic N) is 4. The molecule has 5 unspecified atom stereocenters. The molecule has 0 aliphatic carbocycles. The number of rotatable bonds is 5. The standard InChI is InChI=1S/C26H26ClF3N6O3/c1-13-5-3-4-6-16(13)18(31)9-10-32-21-22(37)24(38-20-12-33-39-23(20)21)25-34-14(2)35-36(25)19-11-15(27)7-8-17(19)26(28,29)30/h3-11,20-24,33,37H,12,31H2,1-2H3/b18-9-,32-10?. The van der Waals surface area contributed by atoms with Crippen LogP contribution in [0.5, 0.6) is 0 Å². The summed E-state index contributed by atoms with van der Waals surface area (Å²) in [6.07, 6.45) is -5.33. The van der Waals surface area contributed by atoms with E-state index in [1.165, 1.54) is 13.1 Å². The van der Waals surface area contributed by atoms with Crippen molar-refractivity contribution in [2.45, 2.75) is 50.5 Å². The molecule has 2 saturated heterocycles. The number of nitrogens with one attached hydrogen (secondary N) is 1. The van der Waals surface area contributed by atoms with E-state index in [4.69, 9.17) is 26.9 Å². The third-order valence-electron chi connectivity index (χ3n) is 6.64. The summed E-state index contributed by atoms with van der Waals surface area (Å²) in [4.78, 5) is 14.4. The Morgan fingerprint density at radius 2 is 2.03 bits per heavy atom. The summed E-state index contributed by atoms with van der Waals surface area (Å²) in [6.45, 7) is 3.74. The van der Waals surface area contributed by atoms with Gasteiger partial charge in [0, 0.05) is 22.5 Å². The first-order valence-electron chi connectivity index (χ1n) is 12.1. The van der Waals surface area contributed by atoms with E-state index in [1.807, 2.05) is 31.2 Å². The highest BCUT2D eigenvalue weighted by Crippen LogP contribution is 2.39. The Labute approximate surface area is 227 Å². The summed E-state index contributed by atoms with van der Waals surface area (Å²) >= 11 is 6.05. The SMILES string of the molecule is Cc1nc(C2OC3CNOC3C(N=C/C=C(\N)c3ccccc3C)C2O)n(-c2cc(Cl)ccc2C(F)(F)F)n1. The first kappa shape index (κ1) is 27.3. The Balaban J connectivity index is 1.51. The normalized spacial score (nSPS) is 25.8. The number of halogens is 4. The molecule has 0 radical (unpaired) electrons. The average Bonchev–Trinajstić information content (AvgIpc) is 3.50. The second kappa shape index (κ2) is 10.7. The van der Waals surface area contributed by atoms with Gasteiger partial charge >= 0.3 is 6.18 Å². The van der Waals surface area contributed by atoms with Crippen LogP contribution in [0.4, 0.5) is 13.2 Å². The van der Waals surface area contributed by atoms with E-state index in [1.54, 1.807) is 6.08 Å². The lowest BCUT2D eigenvalue weighted by molar-refractivity contribution is -0.169. The van der Waals surface area contributed by atoms with E-state index < -0.39 is 42.2 Å². The molecule has 0 amide bonds. The average molecular weight is 563 g/mol. The number of hydroxylamine groups is 1.